The molecule has 1 aliphatic rings. The number of aromatic amines is 1. The zero-order chi connectivity index (χ0) is 15.1. The Balaban J connectivity index is 2.30. The van der Waals surface area contributed by atoms with Crippen LogP contribution in [-0.2, 0) is 0 Å². The smallest absolute Gasteiger partial charge is 0.221 e. The number of ether oxygens (including phenoxy) is 1. The van der Waals surface area contributed by atoms with Gasteiger partial charge >= 0.3 is 0 Å². The summed E-state index contributed by atoms with van der Waals surface area (Å²) in [7, 11) is 0. The molecule has 3 rings (SSSR count). The lowest BCUT2D eigenvalue weighted by molar-refractivity contribution is 0.378. The van der Waals surface area contributed by atoms with Gasteiger partial charge in [0.25, 0.3) is 0 Å². The summed E-state index contributed by atoms with van der Waals surface area (Å²) in [5.41, 5.74) is 11.4. The first-order chi connectivity index (χ1) is 10.0. The van der Waals surface area contributed by atoms with E-state index in [1.54, 1.807) is 0 Å². The van der Waals surface area contributed by atoms with E-state index < -0.39 is 0 Å². The van der Waals surface area contributed by atoms with Gasteiger partial charge in [0.2, 0.25) is 11.8 Å². The Morgan fingerprint density at radius 3 is 2.81 bits per heavy atom. The minimum absolute atomic E-state index is 0.138. The fraction of sp³-hybridized carbons (Fsp3) is 0.250. The molecule has 0 saturated heterocycles. The summed E-state index contributed by atoms with van der Waals surface area (Å²) in [5.74, 6) is 0.423. The fourth-order valence-electron chi connectivity index (χ4n) is 2.79. The van der Waals surface area contributed by atoms with Crippen LogP contribution in [0.15, 0.2) is 29.7 Å². The lowest BCUT2D eigenvalue weighted by Crippen LogP contribution is -2.21. The number of hydrogen-bond donors (Lipinski definition) is 2. The molecule has 0 fully saturated rings. The first kappa shape index (κ1) is 13.3. The number of aryl methyl sites for hydroxylation is 3. The molecule has 0 spiro atoms. The number of nitrogens with one attached hydrogen (secondary N) is 1. The molecular weight excluding hydrogens is 264 g/mol. The van der Waals surface area contributed by atoms with Crippen molar-refractivity contribution in [2.45, 2.75) is 26.7 Å². The third-order valence-electron chi connectivity index (χ3n) is 3.88. The van der Waals surface area contributed by atoms with Gasteiger partial charge in [-0.15, -0.1) is 0 Å². The Morgan fingerprint density at radius 2 is 2.10 bits per heavy atom. The summed E-state index contributed by atoms with van der Waals surface area (Å²) in [5, 5.41) is 16.5. The molecule has 106 valence electrons. The van der Waals surface area contributed by atoms with Gasteiger partial charge in [0.05, 0.1) is 17.2 Å². The summed E-state index contributed by atoms with van der Waals surface area (Å²) >= 11 is 0. The van der Waals surface area contributed by atoms with Crippen molar-refractivity contribution in [2.75, 3.05) is 0 Å². The Morgan fingerprint density at radius 1 is 1.33 bits per heavy atom. The lowest BCUT2D eigenvalue weighted by Gasteiger charge is -2.25. The number of rotatable bonds is 1. The maximum atomic E-state index is 9.51. The minimum Gasteiger partial charge on any atom is -0.422 e. The first-order valence-corrected chi connectivity index (χ1v) is 6.72. The average Bonchev–Trinajstić information content (AvgIpc) is 2.81. The van der Waals surface area contributed by atoms with Crippen molar-refractivity contribution in [1.82, 2.24) is 10.2 Å². The van der Waals surface area contributed by atoms with E-state index in [4.69, 9.17) is 10.5 Å². The van der Waals surface area contributed by atoms with Crippen LogP contribution in [0.25, 0.3) is 0 Å². The number of allylic oxidation sites excluding steroid dienone is 1. The van der Waals surface area contributed by atoms with Gasteiger partial charge in [-0.3, -0.25) is 0 Å². The molecule has 1 aromatic heterocycles. The van der Waals surface area contributed by atoms with Gasteiger partial charge in [0, 0.05) is 0 Å². The molecule has 5 nitrogen and oxygen atoms in total. The molecule has 1 aliphatic heterocycles. The monoisotopic (exact) mass is 280 g/mol. The maximum Gasteiger partial charge on any atom is 0.221 e. The van der Waals surface area contributed by atoms with Crippen LogP contribution in [0.4, 0.5) is 0 Å². The number of nitrogens with two attached hydrogens (primary N) is 1. The molecule has 2 heterocycles. The van der Waals surface area contributed by atoms with Crippen molar-refractivity contribution < 1.29 is 4.74 Å². The van der Waals surface area contributed by atoms with E-state index >= 15 is 0 Å². The summed E-state index contributed by atoms with van der Waals surface area (Å²) in [4.78, 5) is 0. The van der Waals surface area contributed by atoms with E-state index in [-0.39, 0.29) is 11.8 Å². The maximum absolute atomic E-state index is 9.51. The second kappa shape index (κ2) is 4.67. The average molecular weight is 280 g/mol. The third-order valence-corrected chi connectivity index (χ3v) is 3.88. The molecule has 0 saturated carbocycles. The van der Waals surface area contributed by atoms with Gasteiger partial charge in [-0.05, 0) is 31.9 Å². The number of benzene rings is 1. The van der Waals surface area contributed by atoms with E-state index in [1.807, 2.05) is 20.8 Å². The highest BCUT2D eigenvalue weighted by Gasteiger charge is 2.34. The van der Waals surface area contributed by atoms with Crippen LogP contribution in [0.2, 0.25) is 0 Å². The second-order valence-corrected chi connectivity index (χ2v) is 5.34. The van der Waals surface area contributed by atoms with Crippen LogP contribution in [0.3, 0.4) is 0 Å². The van der Waals surface area contributed by atoms with Crippen molar-refractivity contribution in [1.29, 1.82) is 5.26 Å². The zero-order valence-electron chi connectivity index (χ0n) is 12.2. The SMILES string of the molecule is Cc1ccc(C)c(C2C(C#N)=C(N)Oc3[nH]nc(C)c32)c1. The van der Waals surface area contributed by atoms with Crippen molar-refractivity contribution in [3.8, 4) is 11.9 Å². The Hall–Kier alpha value is -2.74. The largest absolute Gasteiger partial charge is 0.422 e. The summed E-state index contributed by atoms with van der Waals surface area (Å²) in [6.45, 7) is 5.96. The first-order valence-electron chi connectivity index (χ1n) is 6.72. The molecule has 2 aromatic rings. The molecule has 1 atom stereocenters. The van der Waals surface area contributed by atoms with E-state index in [2.05, 4.69) is 34.5 Å². The quantitative estimate of drug-likeness (QED) is 0.840. The van der Waals surface area contributed by atoms with Crippen LogP contribution in [0.1, 0.15) is 33.9 Å². The van der Waals surface area contributed by atoms with E-state index in [9.17, 15) is 5.26 Å². The predicted octanol–water partition coefficient (Wildman–Crippen LogP) is 2.55. The molecule has 0 radical (unpaired) electrons. The van der Waals surface area contributed by atoms with Crippen LogP contribution in [0.5, 0.6) is 5.88 Å². The summed E-state index contributed by atoms with van der Waals surface area (Å²) < 4.78 is 5.49. The number of nitrogens with zero attached hydrogens (tertiary/aromatic N) is 2. The van der Waals surface area contributed by atoms with E-state index in [1.165, 1.54) is 0 Å². The minimum atomic E-state index is -0.239. The van der Waals surface area contributed by atoms with Crippen LogP contribution in [0, 0.1) is 32.1 Å². The molecule has 1 aromatic carbocycles. The zero-order valence-corrected chi connectivity index (χ0v) is 12.2. The van der Waals surface area contributed by atoms with Crippen molar-refractivity contribution in [3.05, 3.63) is 57.6 Å². The Kier molecular flexibility index (Phi) is 2.95. The highest BCUT2D eigenvalue weighted by Crippen LogP contribution is 2.43. The van der Waals surface area contributed by atoms with Gasteiger partial charge in [-0.25, -0.2) is 5.10 Å². The van der Waals surface area contributed by atoms with Crippen molar-refractivity contribution in [2.24, 2.45) is 5.73 Å². The van der Waals surface area contributed by atoms with Gasteiger partial charge in [0.1, 0.15) is 11.6 Å². The lowest BCUT2D eigenvalue weighted by atomic mass is 9.81. The van der Waals surface area contributed by atoms with Gasteiger partial charge in [-0.1, -0.05) is 23.8 Å². The topological polar surface area (TPSA) is 87.7 Å². The molecule has 0 amide bonds. The standard InChI is InChI=1S/C16H16N4O/c1-8-4-5-9(2)11(6-8)14-12(7-17)15(18)21-16-13(14)10(3)19-20-16/h4-6,14H,18H2,1-3H3,(H,19,20). The highest BCUT2D eigenvalue weighted by molar-refractivity contribution is 5.56. The highest BCUT2D eigenvalue weighted by atomic mass is 16.5. The summed E-state index contributed by atoms with van der Waals surface area (Å²) in [6.07, 6.45) is 0. The second-order valence-electron chi connectivity index (χ2n) is 5.34. The molecular formula is C16H16N4O. The predicted molar refractivity (Wildman–Crippen MR) is 78.5 cm³/mol. The van der Waals surface area contributed by atoms with E-state index in [0.29, 0.717) is 11.5 Å². The van der Waals surface area contributed by atoms with E-state index in [0.717, 1.165) is 27.9 Å². The number of H-pyrrole nitrogens is 1. The summed E-state index contributed by atoms with van der Waals surface area (Å²) in [6, 6.07) is 8.40. The molecule has 0 bridgehead atoms. The molecule has 5 heteroatoms. The van der Waals surface area contributed by atoms with Crippen LogP contribution < -0.4 is 10.5 Å². The van der Waals surface area contributed by atoms with Crippen LogP contribution in [-0.4, -0.2) is 10.2 Å². The van der Waals surface area contributed by atoms with Crippen molar-refractivity contribution in [3.63, 3.8) is 0 Å². The normalized spacial score (nSPS) is 17.1. The van der Waals surface area contributed by atoms with Gasteiger partial charge < -0.3 is 10.5 Å². The number of hydrogen-bond acceptors (Lipinski definition) is 4. The fourth-order valence-corrected chi connectivity index (χ4v) is 2.79. The van der Waals surface area contributed by atoms with Gasteiger partial charge in [-0.2, -0.15) is 10.4 Å². The molecule has 21 heavy (non-hydrogen) atoms. The molecule has 3 N–H and O–H groups in total. The number of fused-ring (bicyclic) bond motifs is 1. The Bertz CT molecular complexity index is 795. The molecule has 1 unspecified atom stereocenters. The van der Waals surface area contributed by atoms with Crippen molar-refractivity contribution >= 4 is 0 Å². The van der Waals surface area contributed by atoms with Gasteiger partial charge in [0.15, 0.2) is 0 Å². The third kappa shape index (κ3) is 1.96. The Labute approximate surface area is 123 Å². The number of aromatic nitrogens is 2. The molecule has 0 aliphatic carbocycles. The number of nitriles is 1. The van der Waals surface area contributed by atoms with Crippen LogP contribution >= 0.6 is 0 Å².